The normalized spacial score (nSPS) is 16.8. The first-order valence-corrected chi connectivity index (χ1v) is 10.9. The van der Waals surface area contributed by atoms with E-state index in [4.69, 9.17) is 15.6 Å². The van der Waals surface area contributed by atoms with Crippen LogP contribution in [0, 0.1) is 33.9 Å². The highest BCUT2D eigenvalue weighted by Crippen LogP contribution is 2.57. The van der Waals surface area contributed by atoms with E-state index < -0.39 is 17.4 Å². The van der Waals surface area contributed by atoms with E-state index in [-0.39, 0.29) is 60.8 Å². The number of alkyl halides is 3. The molecule has 3 heterocycles. The smallest absolute Gasteiger partial charge is 0.375 e. The summed E-state index contributed by atoms with van der Waals surface area (Å²) in [7, 11) is 0. The van der Waals surface area contributed by atoms with Crippen LogP contribution in [-0.4, -0.2) is 39.7 Å². The summed E-state index contributed by atoms with van der Waals surface area (Å²) < 4.78 is 62.1. The first kappa shape index (κ1) is 23.0. The van der Waals surface area contributed by atoms with Crippen LogP contribution >= 0.6 is 0 Å². The van der Waals surface area contributed by atoms with Gasteiger partial charge in [-0.2, -0.15) is 18.2 Å². The Kier molecular flexibility index (Phi) is 5.36. The molecule has 180 valence electrons. The van der Waals surface area contributed by atoms with Gasteiger partial charge in [0.05, 0.1) is 36.5 Å². The maximum atomic E-state index is 15.1. The summed E-state index contributed by atoms with van der Waals surface area (Å²) in [4.78, 5) is 9.87. The number of halogens is 4. The number of benzene rings is 1. The SMILES string of the molecule is CC(=N)n1c(=N)nc(N2CCOCc3c(C#CC4(C(F)(F)F)CC4)cccc32)c2c(F)cncc21. The molecule has 0 bridgehead atoms. The second-order valence-electron chi connectivity index (χ2n) is 8.53. The Morgan fingerprint density at radius 3 is 2.69 bits per heavy atom. The van der Waals surface area contributed by atoms with Crippen molar-refractivity contribution in [2.24, 2.45) is 5.41 Å². The Morgan fingerprint density at radius 1 is 1.23 bits per heavy atom. The summed E-state index contributed by atoms with van der Waals surface area (Å²) in [6, 6.07) is 5.04. The summed E-state index contributed by atoms with van der Waals surface area (Å²) in [6.07, 6.45) is -2.03. The van der Waals surface area contributed by atoms with Gasteiger partial charge in [-0.25, -0.2) is 4.39 Å². The van der Waals surface area contributed by atoms with Crippen LogP contribution in [0.15, 0.2) is 30.6 Å². The highest BCUT2D eigenvalue weighted by molar-refractivity contribution is 5.97. The summed E-state index contributed by atoms with van der Waals surface area (Å²) in [5.74, 6) is 4.57. The van der Waals surface area contributed by atoms with E-state index in [1.54, 1.807) is 23.1 Å². The molecule has 11 heteroatoms. The minimum Gasteiger partial charge on any atom is -0.375 e. The largest absolute Gasteiger partial charge is 0.405 e. The van der Waals surface area contributed by atoms with Gasteiger partial charge in [0.15, 0.2) is 5.82 Å². The molecule has 2 aliphatic rings. The highest BCUT2D eigenvalue weighted by atomic mass is 19.4. The van der Waals surface area contributed by atoms with Crippen LogP contribution < -0.4 is 10.5 Å². The van der Waals surface area contributed by atoms with Crippen molar-refractivity contribution in [2.75, 3.05) is 18.1 Å². The number of fused-ring (bicyclic) bond motifs is 2. The predicted octanol–water partition coefficient (Wildman–Crippen LogP) is 4.26. The second-order valence-corrected chi connectivity index (χ2v) is 8.53. The number of aromatic nitrogens is 3. The third-order valence-electron chi connectivity index (χ3n) is 6.24. The number of pyridine rings is 1. The van der Waals surface area contributed by atoms with E-state index in [1.165, 1.54) is 17.7 Å². The molecule has 1 saturated carbocycles. The van der Waals surface area contributed by atoms with Gasteiger partial charge in [0.25, 0.3) is 0 Å². The molecule has 0 saturated heterocycles. The van der Waals surface area contributed by atoms with Crippen molar-refractivity contribution in [1.29, 1.82) is 10.8 Å². The molecule has 7 nitrogen and oxygen atoms in total. The molecule has 35 heavy (non-hydrogen) atoms. The van der Waals surface area contributed by atoms with Gasteiger partial charge in [-0.3, -0.25) is 20.4 Å². The van der Waals surface area contributed by atoms with Crippen molar-refractivity contribution < 1.29 is 22.3 Å². The van der Waals surface area contributed by atoms with Gasteiger partial charge < -0.3 is 9.64 Å². The summed E-state index contributed by atoms with van der Waals surface area (Å²) in [5, 5.41) is 16.4. The van der Waals surface area contributed by atoms with Gasteiger partial charge >= 0.3 is 6.18 Å². The number of hydrogen-bond donors (Lipinski definition) is 2. The zero-order valence-electron chi connectivity index (χ0n) is 18.6. The first-order chi connectivity index (χ1) is 16.6. The minimum atomic E-state index is -4.39. The monoisotopic (exact) mass is 484 g/mol. The highest BCUT2D eigenvalue weighted by Gasteiger charge is 2.62. The molecule has 1 aliphatic heterocycles. The fourth-order valence-corrected chi connectivity index (χ4v) is 4.23. The van der Waals surface area contributed by atoms with Crippen molar-refractivity contribution in [2.45, 2.75) is 32.5 Å². The Balaban J connectivity index is 1.70. The molecule has 0 unspecified atom stereocenters. The van der Waals surface area contributed by atoms with Gasteiger partial charge in [0, 0.05) is 23.4 Å². The molecule has 0 spiro atoms. The van der Waals surface area contributed by atoms with Crippen LogP contribution in [0.25, 0.3) is 10.9 Å². The fourth-order valence-electron chi connectivity index (χ4n) is 4.23. The second kappa shape index (κ2) is 8.16. The molecule has 1 aliphatic carbocycles. The van der Waals surface area contributed by atoms with E-state index in [0.717, 1.165) is 6.20 Å². The zero-order valence-corrected chi connectivity index (χ0v) is 18.6. The Hall–Kier alpha value is -3.78. The lowest BCUT2D eigenvalue weighted by molar-refractivity contribution is -0.168. The van der Waals surface area contributed by atoms with Crippen molar-refractivity contribution in [1.82, 2.24) is 14.5 Å². The van der Waals surface area contributed by atoms with Gasteiger partial charge in [0.2, 0.25) is 5.62 Å². The summed E-state index contributed by atoms with van der Waals surface area (Å²) >= 11 is 0. The third kappa shape index (κ3) is 3.83. The van der Waals surface area contributed by atoms with E-state index in [2.05, 4.69) is 21.8 Å². The molecule has 1 fully saturated rings. The number of ether oxygens (including phenoxy) is 1. The fraction of sp³-hybridized carbons (Fsp3) is 0.333. The lowest BCUT2D eigenvalue weighted by atomic mass is 10.0. The van der Waals surface area contributed by atoms with Crippen LogP contribution in [-0.2, 0) is 11.3 Å². The zero-order chi connectivity index (χ0) is 25.0. The number of anilines is 2. The molecule has 2 aromatic heterocycles. The van der Waals surface area contributed by atoms with Crippen molar-refractivity contribution in [3.8, 4) is 11.8 Å². The molecule has 0 atom stereocenters. The molecule has 3 aromatic rings. The molecule has 0 amide bonds. The summed E-state index contributed by atoms with van der Waals surface area (Å²) in [5.41, 5.74) is -0.533. The van der Waals surface area contributed by atoms with Crippen LogP contribution in [0.5, 0.6) is 0 Å². The average Bonchev–Trinajstić information content (AvgIpc) is 3.61. The van der Waals surface area contributed by atoms with Gasteiger partial charge in [-0.05, 0) is 31.9 Å². The van der Waals surface area contributed by atoms with Crippen LogP contribution in [0.2, 0.25) is 0 Å². The number of nitrogens with zero attached hydrogens (tertiary/aromatic N) is 4. The maximum Gasteiger partial charge on any atom is 0.405 e. The van der Waals surface area contributed by atoms with Gasteiger partial charge in [-0.1, -0.05) is 17.9 Å². The van der Waals surface area contributed by atoms with Gasteiger partial charge in [0.1, 0.15) is 17.1 Å². The molecule has 5 rings (SSSR count). The van der Waals surface area contributed by atoms with E-state index in [0.29, 0.717) is 16.8 Å². The molecule has 1 aromatic carbocycles. The molecular weight excluding hydrogens is 464 g/mol. The minimum absolute atomic E-state index is 0.0207. The Bertz CT molecular complexity index is 1480. The lowest BCUT2D eigenvalue weighted by Gasteiger charge is -2.26. The Labute approximate surface area is 197 Å². The predicted molar refractivity (Wildman–Crippen MR) is 120 cm³/mol. The van der Waals surface area contributed by atoms with Gasteiger partial charge in [-0.15, -0.1) is 0 Å². The molecular formula is C24H20F4N6O. The van der Waals surface area contributed by atoms with Crippen molar-refractivity contribution in [3.05, 3.63) is 53.2 Å². The van der Waals surface area contributed by atoms with Crippen molar-refractivity contribution in [3.63, 3.8) is 0 Å². The Morgan fingerprint density at radius 2 is 2.00 bits per heavy atom. The third-order valence-corrected chi connectivity index (χ3v) is 6.24. The maximum absolute atomic E-state index is 15.1. The lowest BCUT2D eigenvalue weighted by Crippen LogP contribution is -2.32. The topological polar surface area (TPSA) is 90.9 Å². The van der Waals surface area contributed by atoms with E-state index in [9.17, 15) is 13.2 Å². The first-order valence-electron chi connectivity index (χ1n) is 10.9. The standard InChI is InChI=1S/C24H20F4N6O/c1-14(29)34-19-12-31-11-17(25)20(19)21(32-22(34)30)33-9-10-35-13-16-15(3-2-4-18(16)33)5-6-23(7-8-23)24(26,27)28/h2-4,11-12,29-30H,7-10,13H2,1H3. The molecule has 0 radical (unpaired) electrons. The summed E-state index contributed by atoms with van der Waals surface area (Å²) in [6.45, 7) is 2.05. The number of nitrogens with one attached hydrogen (secondary N) is 2. The van der Waals surface area contributed by atoms with Crippen LogP contribution in [0.3, 0.4) is 0 Å². The number of rotatable bonds is 1. The molecule has 2 N–H and O–H groups in total. The quantitative estimate of drug-likeness (QED) is 0.234. The van der Waals surface area contributed by atoms with E-state index >= 15 is 4.39 Å². The number of hydrogen-bond acceptors (Lipinski definition) is 6. The van der Waals surface area contributed by atoms with Crippen LogP contribution in [0.1, 0.15) is 30.9 Å². The average molecular weight is 484 g/mol. The van der Waals surface area contributed by atoms with Crippen molar-refractivity contribution >= 4 is 28.2 Å². The van der Waals surface area contributed by atoms with Crippen LogP contribution in [0.4, 0.5) is 29.1 Å². The van der Waals surface area contributed by atoms with E-state index in [1.807, 2.05) is 0 Å².